The first kappa shape index (κ1) is 34.6. The van der Waals surface area contributed by atoms with Crippen molar-refractivity contribution in [3.05, 3.63) is 87.4 Å². The summed E-state index contributed by atoms with van der Waals surface area (Å²) in [6, 6.07) is 8.44. The minimum Gasteiger partial charge on any atom is -0.492 e. The van der Waals surface area contributed by atoms with Crippen LogP contribution in [-0.2, 0) is 17.9 Å². The highest BCUT2D eigenvalue weighted by Crippen LogP contribution is 2.42. The van der Waals surface area contributed by atoms with Crippen molar-refractivity contribution in [3.8, 4) is 5.75 Å². The van der Waals surface area contributed by atoms with Crippen LogP contribution < -0.4 is 15.0 Å². The zero-order valence-corrected chi connectivity index (χ0v) is 26.9. The van der Waals surface area contributed by atoms with Crippen molar-refractivity contribution >= 4 is 40.9 Å². The van der Waals surface area contributed by atoms with E-state index in [9.17, 15) is 22.8 Å². The topological polar surface area (TPSA) is 58.6 Å². The fourth-order valence-corrected chi connectivity index (χ4v) is 6.51. The zero-order valence-electron chi connectivity index (χ0n) is 25.4. The second kappa shape index (κ2) is 16.4. The Kier molecular flexibility index (Phi) is 12.6. The summed E-state index contributed by atoms with van der Waals surface area (Å²) in [6.07, 6.45) is 9.22. The van der Waals surface area contributed by atoms with Crippen molar-refractivity contribution in [1.82, 2.24) is 5.32 Å². The lowest BCUT2D eigenvalue weighted by molar-refractivity contribution is -0.118. The summed E-state index contributed by atoms with van der Waals surface area (Å²) in [4.78, 5) is 28.1. The number of benzene rings is 3. The Morgan fingerprint density at radius 2 is 1.58 bits per heavy atom. The third kappa shape index (κ3) is 8.94. The second-order valence-electron chi connectivity index (χ2n) is 11.1. The van der Waals surface area contributed by atoms with Gasteiger partial charge >= 0.3 is 0 Å². The minimum absolute atomic E-state index is 0.103. The number of thioether (sulfide) groups is 1. The van der Waals surface area contributed by atoms with E-state index in [0.717, 1.165) is 19.3 Å². The van der Waals surface area contributed by atoms with Crippen LogP contribution >= 0.6 is 23.4 Å². The number of carbonyl (C=O) groups is 2. The van der Waals surface area contributed by atoms with Gasteiger partial charge in [-0.05, 0) is 43.7 Å². The van der Waals surface area contributed by atoms with Gasteiger partial charge in [0.1, 0.15) is 29.0 Å². The number of anilines is 1. The van der Waals surface area contributed by atoms with E-state index in [0.29, 0.717) is 35.1 Å². The van der Waals surface area contributed by atoms with E-state index >= 15 is 4.39 Å². The lowest BCUT2D eigenvalue weighted by Crippen LogP contribution is -2.39. The molecule has 0 fully saturated rings. The van der Waals surface area contributed by atoms with Crippen LogP contribution in [0, 0.1) is 23.3 Å². The van der Waals surface area contributed by atoms with Gasteiger partial charge in [0, 0.05) is 40.3 Å². The van der Waals surface area contributed by atoms with Crippen molar-refractivity contribution < 1.29 is 31.9 Å². The fourth-order valence-electron chi connectivity index (χ4n) is 5.14. The summed E-state index contributed by atoms with van der Waals surface area (Å²) >= 11 is 7.84. The van der Waals surface area contributed by atoms with Gasteiger partial charge in [0.25, 0.3) is 5.91 Å². The first-order chi connectivity index (χ1) is 21.6. The summed E-state index contributed by atoms with van der Waals surface area (Å²) in [5.41, 5.74) is 0.307. The number of halogens is 5. The molecule has 3 aromatic rings. The molecule has 1 unspecified atom stereocenters. The SMILES string of the molecule is CCCCCCCCCCOc1ccc(F)c(CN2C(=O)C(C)Sc3cc(C(=O)NCc4c(F)cc(F)cc4F)ccc32)c1Cl. The molecule has 0 spiro atoms. The Labute approximate surface area is 270 Å². The Morgan fingerprint density at radius 3 is 2.27 bits per heavy atom. The summed E-state index contributed by atoms with van der Waals surface area (Å²) in [7, 11) is 0. The predicted molar refractivity (Wildman–Crippen MR) is 170 cm³/mol. The highest BCUT2D eigenvalue weighted by molar-refractivity contribution is 8.01. The molecular weight excluding hydrogens is 628 g/mol. The molecule has 2 amide bonds. The van der Waals surface area contributed by atoms with Gasteiger partial charge in [-0.25, -0.2) is 17.6 Å². The molecule has 0 aliphatic carbocycles. The molecule has 1 atom stereocenters. The van der Waals surface area contributed by atoms with Gasteiger partial charge in [-0.15, -0.1) is 11.8 Å². The van der Waals surface area contributed by atoms with E-state index in [1.165, 1.54) is 67.0 Å². The van der Waals surface area contributed by atoms with E-state index < -0.39 is 46.5 Å². The Balaban J connectivity index is 1.43. The van der Waals surface area contributed by atoms with Gasteiger partial charge in [0.05, 0.1) is 29.1 Å². The van der Waals surface area contributed by atoms with E-state index in [-0.39, 0.29) is 28.6 Å². The molecule has 3 aromatic carbocycles. The minimum atomic E-state index is -1.11. The van der Waals surface area contributed by atoms with Crippen molar-refractivity contribution in [2.45, 2.75) is 88.4 Å². The van der Waals surface area contributed by atoms with Gasteiger partial charge in [-0.2, -0.15) is 0 Å². The molecule has 5 nitrogen and oxygen atoms in total. The third-order valence-corrected chi connectivity index (χ3v) is 9.23. The molecular formula is C34H37ClF4N2O3S. The van der Waals surface area contributed by atoms with Crippen LogP contribution in [0.25, 0.3) is 0 Å². The number of hydrogen-bond acceptors (Lipinski definition) is 4. The van der Waals surface area contributed by atoms with Crippen molar-refractivity contribution in [2.75, 3.05) is 11.5 Å². The van der Waals surface area contributed by atoms with Crippen LogP contribution in [0.5, 0.6) is 5.75 Å². The first-order valence-corrected chi connectivity index (χ1v) is 16.5. The molecule has 45 heavy (non-hydrogen) atoms. The maximum atomic E-state index is 15.1. The normalized spacial score (nSPS) is 14.4. The number of nitrogens with one attached hydrogen (secondary N) is 1. The Hall–Kier alpha value is -3.24. The van der Waals surface area contributed by atoms with Crippen LogP contribution in [0.1, 0.15) is 86.7 Å². The average molecular weight is 665 g/mol. The number of nitrogens with zero attached hydrogens (tertiary/aromatic N) is 1. The molecule has 242 valence electrons. The van der Waals surface area contributed by atoms with Crippen LogP contribution in [-0.4, -0.2) is 23.7 Å². The van der Waals surface area contributed by atoms with Crippen molar-refractivity contribution in [3.63, 3.8) is 0 Å². The van der Waals surface area contributed by atoms with Gasteiger partial charge in [0.15, 0.2) is 0 Å². The number of carbonyl (C=O) groups excluding carboxylic acids is 2. The smallest absolute Gasteiger partial charge is 0.251 e. The fraction of sp³-hybridized carbons (Fsp3) is 0.412. The number of rotatable bonds is 15. The largest absolute Gasteiger partial charge is 0.492 e. The molecule has 0 bridgehead atoms. The highest BCUT2D eigenvalue weighted by atomic mass is 35.5. The number of unbranched alkanes of at least 4 members (excludes halogenated alkanes) is 7. The Morgan fingerprint density at radius 1 is 0.911 bits per heavy atom. The van der Waals surface area contributed by atoms with Crippen LogP contribution in [0.3, 0.4) is 0 Å². The molecule has 0 saturated carbocycles. The van der Waals surface area contributed by atoms with Gasteiger partial charge in [-0.3, -0.25) is 9.59 Å². The zero-order chi connectivity index (χ0) is 32.5. The van der Waals surface area contributed by atoms with E-state index in [1.807, 2.05) is 0 Å². The number of amides is 2. The lowest BCUT2D eigenvalue weighted by Gasteiger charge is -2.33. The number of ether oxygens (including phenoxy) is 1. The molecule has 1 N–H and O–H groups in total. The third-order valence-electron chi connectivity index (χ3n) is 7.68. The standard InChI is InChI=1S/C34H37ClF4N2O3S/c1-3-4-5-6-7-8-9-10-15-44-30-14-12-26(37)25(32(30)35)20-41-29-13-11-22(16-31(29)45-21(2)34(41)43)33(42)40-19-24-27(38)17-23(36)18-28(24)39/h11-14,16-18,21H,3-10,15,19-20H2,1-2H3,(H,40,42). The molecule has 1 aliphatic heterocycles. The summed E-state index contributed by atoms with van der Waals surface area (Å²) in [5.74, 6) is -4.37. The van der Waals surface area contributed by atoms with Crippen molar-refractivity contribution in [1.29, 1.82) is 0 Å². The number of fused-ring (bicyclic) bond motifs is 1. The maximum Gasteiger partial charge on any atom is 0.251 e. The average Bonchev–Trinajstić information content (AvgIpc) is 3.00. The van der Waals surface area contributed by atoms with E-state index in [1.54, 1.807) is 19.1 Å². The van der Waals surface area contributed by atoms with Crippen molar-refractivity contribution in [2.24, 2.45) is 0 Å². The van der Waals surface area contributed by atoms with Gasteiger partial charge < -0.3 is 15.0 Å². The van der Waals surface area contributed by atoms with E-state index in [4.69, 9.17) is 16.3 Å². The molecule has 4 rings (SSSR count). The van der Waals surface area contributed by atoms with Crippen LogP contribution in [0.4, 0.5) is 23.2 Å². The summed E-state index contributed by atoms with van der Waals surface area (Å²) in [6.45, 7) is 3.71. The molecule has 11 heteroatoms. The quantitative estimate of drug-likeness (QED) is 0.130. The molecule has 0 aromatic heterocycles. The van der Waals surface area contributed by atoms with Crippen LogP contribution in [0.2, 0.25) is 5.02 Å². The van der Waals surface area contributed by atoms with Gasteiger partial charge in [0.2, 0.25) is 5.91 Å². The molecule has 0 saturated heterocycles. The monoisotopic (exact) mass is 664 g/mol. The highest BCUT2D eigenvalue weighted by Gasteiger charge is 2.33. The lowest BCUT2D eigenvalue weighted by atomic mass is 10.1. The predicted octanol–water partition coefficient (Wildman–Crippen LogP) is 9.37. The maximum absolute atomic E-state index is 15.1. The first-order valence-electron chi connectivity index (χ1n) is 15.2. The van der Waals surface area contributed by atoms with E-state index in [2.05, 4.69) is 12.2 Å². The summed E-state index contributed by atoms with van der Waals surface area (Å²) in [5, 5.41) is 2.00. The van der Waals surface area contributed by atoms with Crippen LogP contribution in [0.15, 0.2) is 47.4 Å². The molecule has 0 radical (unpaired) electrons. The second-order valence-corrected chi connectivity index (χ2v) is 12.8. The molecule has 1 aliphatic rings. The Bertz CT molecular complexity index is 1500. The number of hydrogen-bond donors (Lipinski definition) is 1. The summed E-state index contributed by atoms with van der Waals surface area (Å²) < 4.78 is 62.2. The van der Waals surface area contributed by atoms with Gasteiger partial charge in [-0.1, -0.05) is 63.5 Å². The molecule has 1 heterocycles.